The maximum atomic E-state index is 9.63. The zero-order valence-corrected chi connectivity index (χ0v) is 12.7. The SMILES string of the molecule is O.O.O.O.O.O.O.O.O.O.O=C([O-])C(O)C(O)C(=O)[O-].[Na+]. The van der Waals surface area contributed by atoms with Gasteiger partial charge in [0.25, 0.3) is 0 Å². The van der Waals surface area contributed by atoms with Gasteiger partial charge in [0.1, 0.15) is 12.2 Å². The predicted octanol–water partition coefficient (Wildman–Crippen LogP) is -16.0. The summed E-state index contributed by atoms with van der Waals surface area (Å²) in [4.78, 5) is 19.3. The molecule has 0 amide bonds. The van der Waals surface area contributed by atoms with E-state index in [1.54, 1.807) is 0 Å². The molecule has 2 unspecified atom stereocenters. The van der Waals surface area contributed by atoms with Crippen molar-refractivity contribution in [3.05, 3.63) is 0 Å². The summed E-state index contributed by atoms with van der Waals surface area (Å²) in [7, 11) is 0. The van der Waals surface area contributed by atoms with Gasteiger partial charge < -0.3 is 84.8 Å². The van der Waals surface area contributed by atoms with Crippen LogP contribution < -0.4 is 39.8 Å². The summed E-state index contributed by atoms with van der Waals surface area (Å²) < 4.78 is 0. The van der Waals surface area contributed by atoms with Gasteiger partial charge in [-0.05, 0) is 0 Å². The Bertz CT molecular complexity index is 144. The van der Waals surface area contributed by atoms with Crippen LogP contribution in [0.2, 0.25) is 0 Å². The normalized spacial score (nSPS) is 7.52. The summed E-state index contributed by atoms with van der Waals surface area (Å²) >= 11 is 0. The fourth-order valence-corrected chi connectivity index (χ4v) is 0.258. The van der Waals surface area contributed by atoms with Crippen molar-refractivity contribution in [2.45, 2.75) is 12.2 Å². The molecule has 22 N–H and O–H groups in total. The number of hydrogen-bond acceptors (Lipinski definition) is 6. The van der Waals surface area contributed by atoms with Crippen LogP contribution in [0, 0.1) is 0 Å². The summed E-state index contributed by atoms with van der Waals surface area (Å²) in [6, 6.07) is 0. The third kappa shape index (κ3) is 45.2. The molecule has 0 radical (unpaired) electrons. The number of carbonyl (C=O) groups is 2. The van der Waals surface area contributed by atoms with Gasteiger partial charge >= 0.3 is 29.6 Å². The molecule has 0 aliphatic carbocycles. The van der Waals surface area contributed by atoms with E-state index < -0.39 is 24.1 Å². The van der Waals surface area contributed by atoms with Gasteiger partial charge in [0.15, 0.2) is 0 Å². The van der Waals surface area contributed by atoms with Crippen molar-refractivity contribution in [1.29, 1.82) is 0 Å². The van der Waals surface area contributed by atoms with Crippen LogP contribution in [0.4, 0.5) is 0 Å². The quantitative estimate of drug-likeness (QED) is 0.464. The van der Waals surface area contributed by atoms with E-state index in [0.717, 1.165) is 0 Å². The first-order valence-corrected chi connectivity index (χ1v) is 2.24. The molecule has 138 valence electrons. The summed E-state index contributed by atoms with van der Waals surface area (Å²) in [5.41, 5.74) is 0. The number of aliphatic hydroxyl groups is 2. The summed E-state index contributed by atoms with van der Waals surface area (Å²) in [5.74, 6) is -4.12. The second-order valence-corrected chi connectivity index (χ2v) is 1.53. The maximum absolute atomic E-state index is 9.63. The fourth-order valence-electron chi connectivity index (χ4n) is 0.258. The number of carboxylic acid groups (broad SMARTS) is 2. The second kappa shape index (κ2) is 50.5. The number of hydrogen-bond donors (Lipinski definition) is 2. The molecule has 0 fully saturated rings. The largest absolute Gasteiger partial charge is 1.00 e. The van der Waals surface area contributed by atoms with E-state index in [1.165, 1.54) is 0 Å². The number of aliphatic hydroxyl groups excluding tert-OH is 2. The van der Waals surface area contributed by atoms with E-state index in [1.807, 2.05) is 0 Å². The van der Waals surface area contributed by atoms with Gasteiger partial charge in [-0.1, -0.05) is 0 Å². The monoisotopic (exact) mass is 351 g/mol. The minimum atomic E-state index is -2.44. The molecule has 0 bridgehead atoms. The third-order valence-electron chi connectivity index (χ3n) is 0.782. The molecule has 17 heteroatoms. The summed E-state index contributed by atoms with van der Waals surface area (Å²) in [6.45, 7) is 0. The van der Waals surface area contributed by atoms with E-state index >= 15 is 0 Å². The third-order valence-corrected chi connectivity index (χ3v) is 0.782. The summed E-state index contributed by atoms with van der Waals surface area (Å²) in [6.07, 6.45) is -4.88. The Labute approximate surface area is 139 Å². The Morgan fingerprint density at radius 3 is 0.714 bits per heavy atom. The van der Waals surface area contributed by atoms with Crippen molar-refractivity contribution in [3.63, 3.8) is 0 Å². The van der Waals surface area contributed by atoms with Crippen molar-refractivity contribution in [1.82, 2.24) is 0 Å². The molecule has 0 aromatic heterocycles. The molecule has 0 heterocycles. The molecule has 2 atom stereocenters. The molecule has 21 heavy (non-hydrogen) atoms. The number of carbonyl (C=O) groups excluding carboxylic acids is 2. The van der Waals surface area contributed by atoms with E-state index in [-0.39, 0.29) is 84.3 Å². The second-order valence-electron chi connectivity index (χ2n) is 1.53. The van der Waals surface area contributed by atoms with Gasteiger partial charge in [-0.3, -0.25) is 0 Å². The van der Waals surface area contributed by atoms with Crippen LogP contribution in [0.3, 0.4) is 0 Å². The average Bonchev–Trinajstić information content (AvgIpc) is 1.84. The molecule has 0 saturated carbocycles. The van der Waals surface area contributed by atoms with Crippen molar-refractivity contribution in [3.8, 4) is 0 Å². The molecule has 0 rings (SSSR count). The molecule has 0 saturated heterocycles. The topological polar surface area (TPSA) is 436 Å². The van der Waals surface area contributed by atoms with Crippen LogP contribution in [-0.4, -0.2) is 89.1 Å². The number of carboxylic acids is 2. The first kappa shape index (κ1) is 108. The van der Waals surface area contributed by atoms with Crippen LogP contribution in [0.5, 0.6) is 0 Å². The van der Waals surface area contributed by atoms with E-state index in [2.05, 4.69) is 0 Å². The average molecular weight is 351 g/mol. The van der Waals surface area contributed by atoms with E-state index in [4.69, 9.17) is 10.2 Å². The summed E-state index contributed by atoms with van der Waals surface area (Å²) in [5, 5.41) is 35.7. The van der Waals surface area contributed by atoms with Crippen LogP contribution >= 0.6 is 0 Å². The van der Waals surface area contributed by atoms with Gasteiger partial charge in [-0.25, -0.2) is 0 Å². The van der Waals surface area contributed by atoms with Crippen LogP contribution in [0.1, 0.15) is 0 Å². The molecule has 0 aromatic carbocycles. The fraction of sp³-hybridized carbons (Fsp3) is 0.500. The van der Waals surface area contributed by atoms with Gasteiger partial charge in [0, 0.05) is 0 Å². The minimum absolute atomic E-state index is 0. The molecule has 0 aromatic rings. The van der Waals surface area contributed by atoms with Crippen molar-refractivity contribution in [2.75, 3.05) is 0 Å². The van der Waals surface area contributed by atoms with Gasteiger partial charge in [-0.2, -0.15) is 0 Å². The Balaban J connectivity index is -0.00000000736. The van der Waals surface area contributed by atoms with Crippen LogP contribution in [-0.2, 0) is 9.59 Å². The van der Waals surface area contributed by atoms with Gasteiger partial charge in [-0.15, -0.1) is 0 Å². The number of rotatable bonds is 3. The Morgan fingerprint density at radius 1 is 0.571 bits per heavy atom. The van der Waals surface area contributed by atoms with Crippen molar-refractivity contribution >= 4 is 11.9 Å². The van der Waals surface area contributed by atoms with E-state index in [0.29, 0.717) is 0 Å². The predicted molar refractivity (Wildman–Crippen MR) is 58.2 cm³/mol. The van der Waals surface area contributed by atoms with Crippen molar-refractivity contribution < 1.29 is 114 Å². The van der Waals surface area contributed by atoms with Crippen LogP contribution in [0.25, 0.3) is 0 Å². The van der Waals surface area contributed by atoms with Gasteiger partial charge in [0.2, 0.25) is 0 Å². The first-order valence-electron chi connectivity index (χ1n) is 2.24. The van der Waals surface area contributed by atoms with E-state index in [9.17, 15) is 19.8 Å². The molecule has 16 nitrogen and oxygen atoms in total. The van der Waals surface area contributed by atoms with Crippen molar-refractivity contribution in [2.24, 2.45) is 0 Å². The Morgan fingerprint density at radius 2 is 0.667 bits per heavy atom. The molecular formula is C4H24NaO16-. The molecule has 0 aliphatic rings. The number of aliphatic carboxylic acids is 2. The maximum Gasteiger partial charge on any atom is 1.00 e. The standard InChI is InChI=1S/C4H6O6.Na.10H2O/c5-1(3(7)8)2(6)4(9)10;;;;;;;;;;;/h1-2,5-6H,(H,7,8)(H,9,10);;10*1H2/q;+1;;;;;;;;;;/p-2. The molecule has 0 aliphatic heterocycles. The zero-order chi connectivity index (χ0) is 8.31. The van der Waals surface area contributed by atoms with Crippen LogP contribution in [0.15, 0.2) is 0 Å². The van der Waals surface area contributed by atoms with Gasteiger partial charge in [0.05, 0.1) is 11.9 Å². The smallest absolute Gasteiger partial charge is 0.547 e. The zero-order valence-electron chi connectivity index (χ0n) is 10.7. The molecular weight excluding hydrogens is 327 g/mol. The minimum Gasteiger partial charge on any atom is -0.547 e. The molecule has 0 spiro atoms. The first-order chi connectivity index (χ1) is 4.46. The Kier molecular flexibility index (Phi) is 260. The Hall–Kier alpha value is -0.540.